The van der Waals surface area contributed by atoms with Gasteiger partial charge in [-0.2, -0.15) is 0 Å². The summed E-state index contributed by atoms with van der Waals surface area (Å²) in [6.45, 7) is 2.24. The minimum Gasteiger partial charge on any atom is -0.465 e. The van der Waals surface area contributed by atoms with Crippen LogP contribution in [0.15, 0.2) is 133 Å². The number of nitrogens with one attached hydrogen (secondary N) is 2. The van der Waals surface area contributed by atoms with E-state index < -0.39 is 0 Å². The number of benzene rings is 5. The van der Waals surface area contributed by atoms with Crippen molar-refractivity contribution in [2.24, 2.45) is 0 Å². The van der Waals surface area contributed by atoms with Crippen molar-refractivity contribution in [3.63, 3.8) is 0 Å². The van der Waals surface area contributed by atoms with E-state index in [1.807, 2.05) is 24.3 Å². The average molecular weight is 753 g/mol. The van der Waals surface area contributed by atoms with Crippen LogP contribution in [0.3, 0.4) is 0 Å². The highest BCUT2D eigenvalue weighted by atomic mass is 16.5. The van der Waals surface area contributed by atoms with Gasteiger partial charge in [-0.1, -0.05) is 110 Å². The van der Waals surface area contributed by atoms with Gasteiger partial charge in [-0.3, -0.25) is 0 Å². The van der Waals surface area contributed by atoms with Crippen molar-refractivity contribution in [3.8, 4) is 33.4 Å². The molecule has 0 amide bonds. The molecule has 6 heteroatoms. The van der Waals surface area contributed by atoms with Gasteiger partial charge in [0.05, 0.1) is 35.4 Å². The first-order chi connectivity index (χ1) is 28.6. The highest BCUT2D eigenvalue weighted by Gasteiger charge is 2.20. The van der Waals surface area contributed by atoms with Gasteiger partial charge in [0.2, 0.25) is 0 Å². The lowest BCUT2D eigenvalue weighted by Crippen LogP contribution is -2.00. The molecule has 2 aliphatic rings. The van der Waals surface area contributed by atoms with Crippen molar-refractivity contribution in [2.75, 3.05) is 7.11 Å². The maximum absolute atomic E-state index is 12.5. The minimum absolute atomic E-state index is 0.379. The maximum atomic E-state index is 12.5. The third-order valence-electron chi connectivity index (χ3n) is 11.4. The van der Waals surface area contributed by atoms with Crippen LogP contribution in [0.4, 0.5) is 0 Å². The number of carbonyl (C=O) groups excluding carboxylic acids is 1. The molecule has 0 radical (unpaired) electrons. The van der Waals surface area contributed by atoms with Gasteiger partial charge in [0.1, 0.15) is 0 Å². The smallest absolute Gasteiger partial charge is 0.337 e. The Balaban J connectivity index is 1.37. The zero-order valence-corrected chi connectivity index (χ0v) is 32.3. The van der Waals surface area contributed by atoms with Crippen LogP contribution >= 0.6 is 0 Å². The molecule has 280 valence electrons. The van der Waals surface area contributed by atoms with Gasteiger partial charge in [0, 0.05) is 44.3 Å². The first-order valence-corrected chi connectivity index (χ1v) is 19.9. The molecule has 5 aromatic carbocycles. The van der Waals surface area contributed by atoms with Crippen LogP contribution in [0, 0.1) is 0 Å². The number of hydrogen-bond acceptors (Lipinski definition) is 4. The molecule has 0 spiro atoms. The Morgan fingerprint density at radius 1 is 0.534 bits per heavy atom. The molecule has 2 N–H and O–H groups in total. The Hall–Kier alpha value is -7.31. The first kappa shape index (κ1) is 35.1. The van der Waals surface area contributed by atoms with Crippen LogP contribution in [0.5, 0.6) is 0 Å². The van der Waals surface area contributed by atoms with Crippen molar-refractivity contribution in [1.29, 1.82) is 0 Å². The summed E-state index contributed by atoms with van der Waals surface area (Å²) in [5, 5.41) is 4.63. The van der Waals surface area contributed by atoms with Gasteiger partial charge in [-0.15, -0.1) is 0 Å². The van der Waals surface area contributed by atoms with Gasteiger partial charge in [-0.25, -0.2) is 14.8 Å². The number of hydrogen-bond donors (Lipinski definition) is 2. The van der Waals surface area contributed by atoms with E-state index in [0.717, 1.165) is 119 Å². The molecular formula is C52H40N4O2. The summed E-state index contributed by atoms with van der Waals surface area (Å²) in [6.07, 6.45) is 11.6. The van der Waals surface area contributed by atoms with Crippen molar-refractivity contribution in [1.82, 2.24) is 19.9 Å². The summed E-state index contributed by atoms with van der Waals surface area (Å²) in [5.74, 6) is -0.379. The molecule has 0 atom stereocenters. The number of unbranched alkanes of at least 4 members (excludes halogenated alkanes) is 1. The van der Waals surface area contributed by atoms with E-state index in [1.165, 1.54) is 12.7 Å². The molecule has 0 aliphatic carbocycles. The summed E-state index contributed by atoms with van der Waals surface area (Å²) in [6, 6.07) is 46.2. The Bertz CT molecular complexity index is 3080. The fraction of sp³-hybridized carbons (Fsp3) is 0.0962. The number of aromatic nitrogens is 4. The van der Waals surface area contributed by atoms with Gasteiger partial charge >= 0.3 is 5.97 Å². The van der Waals surface area contributed by atoms with Crippen molar-refractivity contribution in [2.45, 2.75) is 26.2 Å². The van der Waals surface area contributed by atoms with Crippen molar-refractivity contribution < 1.29 is 9.53 Å². The number of ether oxygens (including phenoxy) is 1. The summed E-state index contributed by atoms with van der Waals surface area (Å²) in [7, 11) is 1.40. The fourth-order valence-electron chi connectivity index (χ4n) is 8.53. The van der Waals surface area contributed by atoms with Gasteiger partial charge < -0.3 is 14.7 Å². The normalized spacial score (nSPS) is 12.1. The van der Waals surface area contributed by atoms with Crippen LogP contribution in [0.25, 0.3) is 101 Å². The lowest BCUT2D eigenvalue weighted by Gasteiger charge is -2.10. The number of esters is 1. The molecule has 5 heterocycles. The molecule has 0 saturated carbocycles. The quantitative estimate of drug-likeness (QED) is 0.159. The summed E-state index contributed by atoms with van der Waals surface area (Å²) < 4.78 is 5.04. The van der Waals surface area contributed by atoms with Crippen LogP contribution in [0.2, 0.25) is 0 Å². The van der Waals surface area contributed by atoms with Crippen LogP contribution < -0.4 is 0 Å². The summed E-state index contributed by atoms with van der Waals surface area (Å²) in [4.78, 5) is 31.2. The Morgan fingerprint density at radius 2 is 1.02 bits per heavy atom. The number of carbonyl (C=O) groups is 1. The predicted molar refractivity (Wildman–Crippen MR) is 240 cm³/mol. The topological polar surface area (TPSA) is 83.7 Å². The Labute approximate surface area is 336 Å². The number of fused-ring (bicyclic) bond motifs is 10. The van der Waals surface area contributed by atoms with E-state index in [-0.39, 0.29) is 5.97 Å². The number of H-pyrrole nitrogens is 2. The molecule has 3 aromatic heterocycles. The molecule has 2 aliphatic heterocycles. The maximum Gasteiger partial charge on any atom is 0.337 e. The van der Waals surface area contributed by atoms with E-state index in [4.69, 9.17) is 14.7 Å². The van der Waals surface area contributed by atoms with Crippen LogP contribution in [-0.2, 0) is 11.2 Å². The second-order valence-corrected chi connectivity index (χ2v) is 14.8. The molecule has 0 saturated heterocycles. The minimum atomic E-state index is -0.379. The standard InChI is InChI=1S/C52H40N4O2/c1-3-4-15-40-41-24-26-45(53-41)50(38-18-9-13-32-11-5-7-16-36(32)38)47-30-28-43(55-47)49(34-20-22-35(23-21-34)52(57)58-2)44-29-31-48(56-44)51(46-27-25-42(40)54-46)39-19-10-14-33-12-6-8-17-37(33)39/h5-14,16-31,53,56H,3-4,15H2,1-2H3. The number of rotatable bonds is 7. The van der Waals surface area contributed by atoms with Crippen molar-refractivity contribution >= 4 is 73.9 Å². The monoisotopic (exact) mass is 752 g/mol. The van der Waals surface area contributed by atoms with E-state index in [9.17, 15) is 4.79 Å². The number of aryl methyl sites for hydroxylation is 1. The van der Waals surface area contributed by atoms with E-state index in [0.29, 0.717) is 5.56 Å². The molecular weight excluding hydrogens is 713 g/mol. The van der Waals surface area contributed by atoms with Gasteiger partial charge in [0.25, 0.3) is 0 Å². The third kappa shape index (κ3) is 6.10. The second kappa shape index (κ2) is 14.6. The summed E-state index contributed by atoms with van der Waals surface area (Å²) >= 11 is 0. The van der Waals surface area contributed by atoms with E-state index in [1.54, 1.807) is 0 Å². The molecule has 0 fully saturated rings. The number of aromatic amines is 2. The molecule has 10 rings (SSSR count). The lowest BCUT2D eigenvalue weighted by atomic mass is 9.97. The molecule has 8 bridgehead atoms. The van der Waals surface area contributed by atoms with Gasteiger partial charge in [-0.05, 0) is 112 Å². The highest BCUT2D eigenvalue weighted by molar-refractivity contribution is 6.06. The lowest BCUT2D eigenvalue weighted by molar-refractivity contribution is 0.0600. The fourth-order valence-corrected chi connectivity index (χ4v) is 8.53. The summed E-state index contributed by atoms with van der Waals surface area (Å²) in [5.41, 5.74) is 15.1. The zero-order chi connectivity index (χ0) is 39.2. The third-order valence-corrected chi connectivity index (χ3v) is 11.4. The van der Waals surface area contributed by atoms with Crippen molar-refractivity contribution in [3.05, 3.63) is 167 Å². The number of methoxy groups -OCH3 is 1. The molecule has 8 aromatic rings. The Morgan fingerprint density at radius 3 is 1.60 bits per heavy atom. The van der Waals surface area contributed by atoms with E-state index in [2.05, 4.69) is 150 Å². The van der Waals surface area contributed by atoms with E-state index >= 15 is 0 Å². The zero-order valence-electron chi connectivity index (χ0n) is 32.3. The van der Waals surface area contributed by atoms with Crippen LogP contribution in [0.1, 0.15) is 58.5 Å². The SMILES string of the molecule is CCCCc1c2nc(c(-c3cccc4ccccc34)c3ccc([nH]3)c(-c3ccc(C(=O)OC)cc3)c3nc(c(-c4cccc5ccccc45)c4ccc1[nH]4)C=C3)C=C2. The highest BCUT2D eigenvalue weighted by Crippen LogP contribution is 2.40. The number of nitrogens with zero attached hydrogens (tertiary/aromatic N) is 2. The predicted octanol–water partition coefficient (Wildman–Crippen LogP) is 13.1. The molecule has 0 unspecified atom stereocenters. The molecule has 6 nitrogen and oxygen atoms in total. The van der Waals surface area contributed by atoms with Gasteiger partial charge in [0.15, 0.2) is 0 Å². The van der Waals surface area contributed by atoms with Crippen LogP contribution in [-0.4, -0.2) is 33.0 Å². The largest absolute Gasteiger partial charge is 0.465 e. The second-order valence-electron chi connectivity index (χ2n) is 14.8. The first-order valence-electron chi connectivity index (χ1n) is 19.9. The average Bonchev–Trinajstić information content (AvgIpc) is 4.12. The molecule has 58 heavy (non-hydrogen) atoms. The Kier molecular flexibility index (Phi) is 8.87.